The number of hydrogen-bond donors (Lipinski definition) is 1. The molecule has 0 bridgehead atoms. The van der Waals surface area contributed by atoms with E-state index in [4.69, 9.17) is 0 Å². The Hall–Kier alpha value is -1.84. The van der Waals surface area contributed by atoms with Gasteiger partial charge < -0.3 is 10.0 Å². The fourth-order valence-electron chi connectivity index (χ4n) is 2.42. The molecule has 0 saturated heterocycles. The first-order valence-corrected chi connectivity index (χ1v) is 6.77. The summed E-state index contributed by atoms with van der Waals surface area (Å²) in [5.74, 6) is -1.44. The lowest BCUT2D eigenvalue weighted by Crippen LogP contribution is -2.36. The number of phenols is 1. The lowest BCUT2D eigenvalue weighted by atomic mass is 9.83. The molecule has 0 unspecified atom stereocenters. The molecule has 1 aliphatic rings. The van der Waals surface area contributed by atoms with Gasteiger partial charge in [0, 0.05) is 13.1 Å². The maximum Gasteiger partial charge on any atom is 0.260 e. The average molecular weight is 277 g/mol. The molecule has 20 heavy (non-hydrogen) atoms. The van der Waals surface area contributed by atoms with Gasteiger partial charge >= 0.3 is 0 Å². The van der Waals surface area contributed by atoms with Crippen molar-refractivity contribution < 1.29 is 14.3 Å². The SMILES string of the molecule is CC(C)(C)C1=CCN(C(=O)c2c(O)cccc2F)CC1. The first kappa shape index (κ1) is 14.6. The molecule has 0 atom stereocenters. The molecule has 2 rings (SSSR count). The molecule has 1 amide bonds. The van der Waals surface area contributed by atoms with E-state index in [9.17, 15) is 14.3 Å². The first-order valence-electron chi connectivity index (χ1n) is 6.77. The predicted molar refractivity (Wildman–Crippen MR) is 76.1 cm³/mol. The molecular formula is C16H20FNO2. The van der Waals surface area contributed by atoms with Crippen molar-refractivity contribution in [3.63, 3.8) is 0 Å². The molecule has 4 heteroatoms. The van der Waals surface area contributed by atoms with Crippen LogP contribution in [0.25, 0.3) is 0 Å². The molecule has 0 radical (unpaired) electrons. The average Bonchev–Trinajstić information content (AvgIpc) is 2.37. The maximum absolute atomic E-state index is 13.7. The van der Waals surface area contributed by atoms with Crippen LogP contribution in [-0.4, -0.2) is 29.0 Å². The zero-order valence-electron chi connectivity index (χ0n) is 12.1. The molecule has 0 aliphatic carbocycles. The van der Waals surface area contributed by atoms with Crippen molar-refractivity contribution in [3.8, 4) is 5.75 Å². The Kier molecular flexibility index (Phi) is 3.84. The van der Waals surface area contributed by atoms with Crippen LogP contribution in [0.15, 0.2) is 29.8 Å². The number of nitrogens with zero attached hydrogens (tertiary/aromatic N) is 1. The molecule has 3 nitrogen and oxygen atoms in total. The number of rotatable bonds is 1. The van der Waals surface area contributed by atoms with E-state index >= 15 is 0 Å². The number of hydrogen-bond acceptors (Lipinski definition) is 2. The standard InChI is InChI=1S/C16H20FNO2/c1-16(2,3)11-7-9-18(10-8-11)15(20)14-12(17)5-4-6-13(14)19/h4-7,19H,8-10H2,1-3H3. The lowest BCUT2D eigenvalue weighted by molar-refractivity contribution is 0.0757. The minimum Gasteiger partial charge on any atom is -0.507 e. The summed E-state index contributed by atoms with van der Waals surface area (Å²) >= 11 is 0. The largest absolute Gasteiger partial charge is 0.507 e. The van der Waals surface area contributed by atoms with Crippen molar-refractivity contribution in [2.45, 2.75) is 27.2 Å². The third kappa shape index (κ3) is 2.84. The van der Waals surface area contributed by atoms with Crippen LogP contribution >= 0.6 is 0 Å². The minimum atomic E-state index is -0.680. The molecule has 0 aromatic heterocycles. The molecule has 1 aromatic carbocycles. The van der Waals surface area contributed by atoms with Crippen LogP contribution in [-0.2, 0) is 0 Å². The number of carbonyl (C=O) groups is 1. The van der Waals surface area contributed by atoms with Gasteiger partial charge in [-0.15, -0.1) is 0 Å². The summed E-state index contributed by atoms with van der Waals surface area (Å²) in [4.78, 5) is 13.9. The number of aromatic hydroxyl groups is 1. The van der Waals surface area contributed by atoms with Crippen molar-refractivity contribution in [1.82, 2.24) is 4.90 Å². The highest BCUT2D eigenvalue weighted by molar-refractivity contribution is 5.97. The third-order valence-corrected chi connectivity index (χ3v) is 3.67. The number of amides is 1. The van der Waals surface area contributed by atoms with Crippen molar-refractivity contribution in [1.29, 1.82) is 0 Å². The lowest BCUT2D eigenvalue weighted by Gasteiger charge is -2.32. The van der Waals surface area contributed by atoms with E-state index in [1.54, 1.807) is 4.90 Å². The van der Waals surface area contributed by atoms with Crippen LogP contribution in [0.3, 0.4) is 0 Å². The Morgan fingerprint density at radius 1 is 1.35 bits per heavy atom. The Bertz CT molecular complexity index is 538. The van der Waals surface area contributed by atoms with Gasteiger partial charge in [-0.1, -0.05) is 38.5 Å². The minimum absolute atomic E-state index is 0.0925. The molecular weight excluding hydrogens is 257 g/mol. The smallest absolute Gasteiger partial charge is 0.260 e. The van der Waals surface area contributed by atoms with E-state index < -0.39 is 11.7 Å². The van der Waals surface area contributed by atoms with Gasteiger partial charge in [0.1, 0.15) is 17.1 Å². The second kappa shape index (κ2) is 5.27. The Morgan fingerprint density at radius 3 is 2.55 bits per heavy atom. The molecule has 108 valence electrons. The van der Waals surface area contributed by atoms with E-state index in [0.717, 1.165) is 6.42 Å². The fourth-order valence-corrected chi connectivity index (χ4v) is 2.42. The monoisotopic (exact) mass is 277 g/mol. The quantitative estimate of drug-likeness (QED) is 0.800. The number of carbonyl (C=O) groups excluding carboxylic acids is 1. The highest BCUT2D eigenvalue weighted by Crippen LogP contribution is 2.31. The fraction of sp³-hybridized carbons (Fsp3) is 0.438. The summed E-state index contributed by atoms with van der Waals surface area (Å²) in [6, 6.07) is 3.90. The summed E-state index contributed by atoms with van der Waals surface area (Å²) < 4.78 is 13.7. The molecule has 0 spiro atoms. The van der Waals surface area contributed by atoms with Gasteiger partial charge in [0.2, 0.25) is 0 Å². The zero-order chi connectivity index (χ0) is 14.9. The van der Waals surface area contributed by atoms with E-state index in [2.05, 4.69) is 20.8 Å². The van der Waals surface area contributed by atoms with Crippen molar-refractivity contribution in [3.05, 3.63) is 41.2 Å². The van der Waals surface area contributed by atoms with Gasteiger partial charge in [0.25, 0.3) is 5.91 Å². The van der Waals surface area contributed by atoms with E-state index in [1.807, 2.05) is 6.08 Å². The number of halogens is 1. The van der Waals surface area contributed by atoms with Crippen LogP contribution in [0.2, 0.25) is 0 Å². The normalized spacial score (nSPS) is 16.0. The summed E-state index contributed by atoms with van der Waals surface area (Å²) in [6.45, 7) is 7.42. The third-order valence-electron chi connectivity index (χ3n) is 3.67. The number of benzene rings is 1. The van der Waals surface area contributed by atoms with Gasteiger partial charge in [-0.3, -0.25) is 4.79 Å². The molecule has 0 fully saturated rings. The second-order valence-corrected chi connectivity index (χ2v) is 6.11. The van der Waals surface area contributed by atoms with Crippen LogP contribution in [0.5, 0.6) is 5.75 Å². The van der Waals surface area contributed by atoms with Gasteiger partial charge in [-0.05, 0) is 24.0 Å². The molecule has 0 saturated carbocycles. The highest BCUT2D eigenvalue weighted by atomic mass is 19.1. The Balaban J connectivity index is 2.19. The van der Waals surface area contributed by atoms with E-state index in [0.29, 0.717) is 13.1 Å². The summed E-state index contributed by atoms with van der Waals surface area (Å²) in [5.41, 5.74) is 1.16. The van der Waals surface area contributed by atoms with Gasteiger partial charge in [-0.2, -0.15) is 0 Å². The molecule has 1 heterocycles. The zero-order valence-corrected chi connectivity index (χ0v) is 12.1. The van der Waals surface area contributed by atoms with Crippen LogP contribution in [0, 0.1) is 11.2 Å². The number of phenolic OH excluding ortho intramolecular Hbond substituents is 1. The molecule has 1 aliphatic heterocycles. The van der Waals surface area contributed by atoms with Crippen molar-refractivity contribution in [2.24, 2.45) is 5.41 Å². The van der Waals surface area contributed by atoms with E-state index in [-0.39, 0.29) is 16.7 Å². The van der Waals surface area contributed by atoms with E-state index in [1.165, 1.54) is 23.8 Å². The molecule has 1 N–H and O–H groups in total. The van der Waals surface area contributed by atoms with Crippen molar-refractivity contribution >= 4 is 5.91 Å². The van der Waals surface area contributed by atoms with Crippen molar-refractivity contribution in [2.75, 3.05) is 13.1 Å². The van der Waals surface area contributed by atoms with Crippen LogP contribution in [0.4, 0.5) is 4.39 Å². The summed E-state index contributed by atoms with van der Waals surface area (Å²) in [5, 5.41) is 9.67. The second-order valence-electron chi connectivity index (χ2n) is 6.11. The predicted octanol–water partition coefficient (Wildman–Crippen LogP) is 3.35. The van der Waals surface area contributed by atoms with Crippen LogP contribution < -0.4 is 0 Å². The molecule has 1 aromatic rings. The van der Waals surface area contributed by atoms with Gasteiger partial charge in [0.05, 0.1) is 0 Å². The van der Waals surface area contributed by atoms with Crippen LogP contribution in [0.1, 0.15) is 37.6 Å². The Labute approximate surface area is 118 Å². The van der Waals surface area contributed by atoms with Gasteiger partial charge in [-0.25, -0.2) is 4.39 Å². The summed E-state index contributed by atoms with van der Waals surface area (Å²) in [7, 11) is 0. The van der Waals surface area contributed by atoms with Gasteiger partial charge in [0.15, 0.2) is 0 Å². The summed E-state index contributed by atoms with van der Waals surface area (Å²) in [6.07, 6.45) is 2.81. The maximum atomic E-state index is 13.7. The first-order chi connectivity index (χ1) is 9.30. The highest BCUT2D eigenvalue weighted by Gasteiger charge is 2.27. The topological polar surface area (TPSA) is 40.5 Å². The Morgan fingerprint density at radius 2 is 2.05 bits per heavy atom.